The normalized spacial score (nSPS) is 20.3. The Bertz CT molecular complexity index is 708. The molecule has 3 amide bonds. The van der Waals surface area contributed by atoms with Crippen LogP contribution in [0.3, 0.4) is 0 Å². The third-order valence-corrected chi connectivity index (χ3v) is 6.72. The topological polar surface area (TPSA) is 97.3 Å². The second kappa shape index (κ2) is 10.7. The van der Waals surface area contributed by atoms with Gasteiger partial charge in [-0.05, 0) is 19.3 Å². The highest BCUT2D eigenvalue weighted by atomic mass is 32.1. The second-order valence-electron chi connectivity index (χ2n) is 7.88. The lowest BCUT2D eigenvalue weighted by atomic mass is 9.99. The van der Waals surface area contributed by atoms with Crippen LogP contribution < -0.4 is 4.90 Å². The summed E-state index contributed by atoms with van der Waals surface area (Å²) in [6.45, 7) is 5.24. The van der Waals surface area contributed by atoms with E-state index in [1.807, 2.05) is 17.2 Å². The molecule has 10 heteroatoms. The number of carbonyl (C=O) groups excluding carboxylic acids is 3. The maximum Gasteiger partial charge on any atom is 0.245 e. The summed E-state index contributed by atoms with van der Waals surface area (Å²) in [6.07, 6.45) is 5.89. The molecule has 0 bridgehead atoms. The van der Waals surface area contributed by atoms with E-state index in [0.29, 0.717) is 43.9 Å². The van der Waals surface area contributed by atoms with Gasteiger partial charge in [-0.2, -0.15) is 0 Å². The van der Waals surface area contributed by atoms with Crippen molar-refractivity contribution >= 4 is 34.7 Å². The van der Waals surface area contributed by atoms with Gasteiger partial charge in [-0.1, -0.05) is 19.8 Å². The summed E-state index contributed by atoms with van der Waals surface area (Å²) in [4.78, 5) is 47.3. The third-order valence-electron chi connectivity index (χ3n) is 5.89. The van der Waals surface area contributed by atoms with Crippen molar-refractivity contribution in [2.75, 3.05) is 44.2 Å². The summed E-state index contributed by atoms with van der Waals surface area (Å²) >= 11 is 1.59. The second-order valence-corrected chi connectivity index (χ2v) is 8.76. The van der Waals surface area contributed by atoms with Crippen LogP contribution in [-0.4, -0.2) is 88.6 Å². The Morgan fingerprint density at radius 2 is 2.10 bits per heavy atom. The molecule has 0 spiro atoms. The molecule has 1 N–H and O–H groups in total. The Labute approximate surface area is 181 Å². The number of likely N-dealkylation sites (tertiary alicyclic amines) is 1. The fourth-order valence-corrected chi connectivity index (χ4v) is 4.93. The lowest BCUT2D eigenvalue weighted by Crippen LogP contribution is -2.55. The van der Waals surface area contributed by atoms with Crippen LogP contribution in [0.1, 0.15) is 39.0 Å². The van der Waals surface area contributed by atoms with Crippen molar-refractivity contribution in [3.8, 4) is 0 Å². The van der Waals surface area contributed by atoms with E-state index in [9.17, 15) is 19.6 Å². The zero-order valence-corrected chi connectivity index (χ0v) is 18.3. The van der Waals surface area contributed by atoms with Crippen molar-refractivity contribution in [3.63, 3.8) is 0 Å². The first-order valence-corrected chi connectivity index (χ1v) is 11.6. The molecule has 3 rings (SSSR count). The van der Waals surface area contributed by atoms with Crippen LogP contribution in [0.5, 0.6) is 0 Å². The minimum Gasteiger partial charge on any atom is -0.345 e. The Hall–Kier alpha value is -2.20. The molecule has 166 valence electrons. The minimum atomic E-state index is -0.490. The number of anilines is 1. The van der Waals surface area contributed by atoms with Crippen molar-refractivity contribution in [1.29, 1.82) is 0 Å². The van der Waals surface area contributed by atoms with Gasteiger partial charge < -0.3 is 14.7 Å². The summed E-state index contributed by atoms with van der Waals surface area (Å²) in [5.41, 5.74) is 0. The Kier molecular flexibility index (Phi) is 8.03. The smallest absolute Gasteiger partial charge is 0.245 e. The molecule has 2 fully saturated rings. The van der Waals surface area contributed by atoms with Gasteiger partial charge in [0.2, 0.25) is 18.2 Å². The van der Waals surface area contributed by atoms with Crippen LogP contribution >= 0.6 is 11.3 Å². The standard InChI is InChI=1S/C20H31N5O4S/c1-2-3-5-16(14-24(29)15-26)18(27)25-8-4-6-17(25)19(28)22-9-11-23(12-10-22)20-21-7-13-30-20/h7,13,15-17,29H,2-6,8-12,14H2,1H3/t16-,17+/m1/s1. The summed E-state index contributed by atoms with van der Waals surface area (Å²) in [6, 6.07) is -0.448. The number of rotatable bonds is 9. The van der Waals surface area contributed by atoms with Gasteiger partial charge >= 0.3 is 0 Å². The van der Waals surface area contributed by atoms with Crippen molar-refractivity contribution in [2.45, 2.75) is 45.1 Å². The zero-order chi connectivity index (χ0) is 21.5. The number of piperazine rings is 1. The van der Waals surface area contributed by atoms with Gasteiger partial charge in [-0.15, -0.1) is 11.3 Å². The predicted octanol–water partition coefficient (Wildman–Crippen LogP) is 1.44. The maximum atomic E-state index is 13.2. The van der Waals surface area contributed by atoms with E-state index in [2.05, 4.69) is 9.88 Å². The number of carbonyl (C=O) groups is 3. The molecule has 0 unspecified atom stereocenters. The molecule has 0 radical (unpaired) electrons. The van der Waals surface area contributed by atoms with Gasteiger partial charge in [0.15, 0.2) is 5.13 Å². The Balaban J connectivity index is 1.61. The first kappa shape index (κ1) is 22.5. The first-order valence-electron chi connectivity index (χ1n) is 10.7. The number of nitrogens with zero attached hydrogens (tertiary/aromatic N) is 5. The number of hydrogen-bond donors (Lipinski definition) is 1. The molecule has 30 heavy (non-hydrogen) atoms. The molecule has 2 saturated heterocycles. The summed E-state index contributed by atoms with van der Waals surface area (Å²) in [5, 5.41) is 13.1. The highest BCUT2D eigenvalue weighted by Gasteiger charge is 2.39. The van der Waals surface area contributed by atoms with Gasteiger partial charge in [-0.3, -0.25) is 19.6 Å². The lowest BCUT2D eigenvalue weighted by molar-refractivity contribution is -0.158. The van der Waals surface area contributed by atoms with E-state index >= 15 is 0 Å². The van der Waals surface area contributed by atoms with Crippen LogP contribution in [0.15, 0.2) is 11.6 Å². The largest absolute Gasteiger partial charge is 0.345 e. The Morgan fingerprint density at radius 1 is 1.33 bits per heavy atom. The van der Waals surface area contributed by atoms with Gasteiger partial charge in [0.05, 0.1) is 12.5 Å². The minimum absolute atomic E-state index is 0.00474. The van der Waals surface area contributed by atoms with E-state index in [-0.39, 0.29) is 18.4 Å². The zero-order valence-electron chi connectivity index (χ0n) is 17.5. The van der Waals surface area contributed by atoms with Crippen LogP contribution in [-0.2, 0) is 14.4 Å². The predicted molar refractivity (Wildman–Crippen MR) is 113 cm³/mol. The maximum absolute atomic E-state index is 13.2. The molecular formula is C20H31N5O4S. The molecule has 2 aliphatic rings. The van der Waals surface area contributed by atoms with E-state index in [0.717, 1.165) is 37.5 Å². The average Bonchev–Trinajstić information content (AvgIpc) is 3.48. The average molecular weight is 438 g/mol. The number of hydrogen-bond acceptors (Lipinski definition) is 7. The Morgan fingerprint density at radius 3 is 2.73 bits per heavy atom. The van der Waals surface area contributed by atoms with E-state index in [1.54, 1.807) is 22.4 Å². The number of amides is 3. The van der Waals surface area contributed by atoms with Crippen LogP contribution in [0.4, 0.5) is 5.13 Å². The summed E-state index contributed by atoms with van der Waals surface area (Å²) in [5.74, 6) is -0.623. The molecule has 1 aromatic heterocycles. The number of thiazole rings is 1. The summed E-state index contributed by atoms with van der Waals surface area (Å²) in [7, 11) is 0. The van der Waals surface area contributed by atoms with Gasteiger partial charge in [0.1, 0.15) is 6.04 Å². The van der Waals surface area contributed by atoms with Crippen LogP contribution in [0, 0.1) is 5.92 Å². The molecule has 1 aromatic rings. The van der Waals surface area contributed by atoms with Gasteiger partial charge in [-0.25, -0.2) is 10.0 Å². The van der Waals surface area contributed by atoms with Crippen molar-refractivity contribution in [1.82, 2.24) is 19.8 Å². The number of aromatic nitrogens is 1. The SMILES string of the molecule is CCCC[C@H](CN(O)C=O)C(=O)N1CCC[C@H]1C(=O)N1CCN(c2nccs2)CC1. The van der Waals surface area contributed by atoms with E-state index < -0.39 is 12.0 Å². The molecule has 2 atom stereocenters. The number of hydroxylamine groups is 2. The first-order chi connectivity index (χ1) is 14.5. The van der Waals surface area contributed by atoms with Gasteiger partial charge in [0, 0.05) is 44.3 Å². The van der Waals surface area contributed by atoms with E-state index in [4.69, 9.17) is 0 Å². The molecule has 2 aliphatic heterocycles. The molecule has 0 aromatic carbocycles. The van der Waals surface area contributed by atoms with Crippen LogP contribution in [0.25, 0.3) is 0 Å². The molecule has 0 saturated carbocycles. The van der Waals surface area contributed by atoms with Crippen molar-refractivity contribution < 1.29 is 19.6 Å². The molecular weight excluding hydrogens is 406 g/mol. The highest BCUT2D eigenvalue weighted by Crippen LogP contribution is 2.25. The fraction of sp³-hybridized carbons (Fsp3) is 0.700. The lowest BCUT2D eigenvalue weighted by Gasteiger charge is -2.37. The molecule has 0 aliphatic carbocycles. The van der Waals surface area contributed by atoms with Gasteiger partial charge in [0.25, 0.3) is 0 Å². The monoisotopic (exact) mass is 437 g/mol. The summed E-state index contributed by atoms with van der Waals surface area (Å²) < 4.78 is 0. The van der Waals surface area contributed by atoms with Crippen molar-refractivity contribution in [2.24, 2.45) is 5.92 Å². The fourth-order valence-electron chi connectivity index (χ4n) is 4.23. The quantitative estimate of drug-likeness (QED) is 0.357. The third kappa shape index (κ3) is 5.28. The highest BCUT2D eigenvalue weighted by molar-refractivity contribution is 7.13. The number of unbranched alkanes of at least 4 members (excludes halogenated alkanes) is 1. The van der Waals surface area contributed by atoms with E-state index in [1.165, 1.54) is 0 Å². The van der Waals surface area contributed by atoms with Crippen LogP contribution in [0.2, 0.25) is 0 Å². The van der Waals surface area contributed by atoms with Crippen molar-refractivity contribution in [3.05, 3.63) is 11.6 Å². The molecule has 9 nitrogen and oxygen atoms in total. The molecule has 3 heterocycles.